The van der Waals surface area contributed by atoms with Gasteiger partial charge in [0, 0.05) is 11.4 Å². The first-order valence-corrected chi connectivity index (χ1v) is 6.06. The van der Waals surface area contributed by atoms with E-state index in [2.05, 4.69) is 0 Å². The van der Waals surface area contributed by atoms with E-state index in [9.17, 15) is 14.9 Å². The van der Waals surface area contributed by atoms with Gasteiger partial charge in [0.25, 0.3) is 0 Å². The molecule has 0 atom stereocenters. The maximum atomic E-state index is 11.0. The first-order chi connectivity index (χ1) is 9.13. The Labute approximate surface area is 112 Å². The number of rotatable bonds is 5. The quantitative estimate of drug-likeness (QED) is 0.477. The number of nitro benzene ring substituents is 1. The Bertz CT molecular complexity index is 622. The Morgan fingerprint density at radius 3 is 2.68 bits per heavy atom. The number of hydrogen-bond donors (Lipinski definition) is 0. The van der Waals surface area contributed by atoms with Crippen LogP contribution in [0.1, 0.15) is 9.67 Å². The molecule has 0 aliphatic rings. The number of methoxy groups -OCH3 is 1. The van der Waals surface area contributed by atoms with Crippen LogP contribution in [0, 0.1) is 10.1 Å². The highest BCUT2D eigenvalue weighted by molar-refractivity contribution is 7.11. The van der Waals surface area contributed by atoms with Crippen molar-refractivity contribution in [1.29, 1.82) is 0 Å². The molecule has 0 aliphatic carbocycles. The lowest BCUT2D eigenvalue weighted by atomic mass is 10.3. The zero-order valence-corrected chi connectivity index (χ0v) is 10.7. The van der Waals surface area contributed by atoms with Gasteiger partial charge in [-0.25, -0.2) is 0 Å². The van der Waals surface area contributed by atoms with Crippen LogP contribution in [0.4, 0.5) is 5.69 Å². The normalized spacial score (nSPS) is 9.95. The zero-order valence-electron chi connectivity index (χ0n) is 9.86. The Balaban J connectivity index is 2.33. The summed E-state index contributed by atoms with van der Waals surface area (Å²) in [6.45, 7) is 0. The maximum absolute atomic E-state index is 11.0. The van der Waals surface area contributed by atoms with Crippen molar-refractivity contribution in [1.82, 2.24) is 0 Å². The van der Waals surface area contributed by atoms with E-state index in [0.29, 0.717) is 22.7 Å². The Kier molecular flexibility index (Phi) is 3.76. The van der Waals surface area contributed by atoms with Gasteiger partial charge in [0.15, 0.2) is 6.29 Å². The third-order valence-corrected chi connectivity index (χ3v) is 3.14. The standard InChI is InChI=1S/C12H9NO5S/c1-17-8-2-3-12(11(5-8)13(15)16)18-9-4-10(6-14)19-7-9/h2-7H,1H3. The number of ether oxygens (including phenoxy) is 2. The number of nitro groups is 1. The summed E-state index contributed by atoms with van der Waals surface area (Å²) in [5, 5.41) is 12.6. The molecule has 0 spiro atoms. The van der Waals surface area contributed by atoms with Crippen LogP contribution in [0.2, 0.25) is 0 Å². The number of benzene rings is 1. The van der Waals surface area contributed by atoms with Gasteiger partial charge in [0.2, 0.25) is 5.75 Å². The Hall–Kier alpha value is -2.41. The molecule has 98 valence electrons. The first-order valence-electron chi connectivity index (χ1n) is 5.18. The van der Waals surface area contributed by atoms with Crippen LogP contribution >= 0.6 is 11.3 Å². The van der Waals surface area contributed by atoms with Crippen molar-refractivity contribution in [3.8, 4) is 17.2 Å². The molecule has 0 unspecified atom stereocenters. The molecule has 7 heteroatoms. The molecular formula is C12H9NO5S. The van der Waals surface area contributed by atoms with Crippen LogP contribution in [0.3, 0.4) is 0 Å². The number of aldehydes is 1. The summed E-state index contributed by atoms with van der Waals surface area (Å²) in [5.41, 5.74) is -0.196. The van der Waals surface area contributed by atoms with Gasteiger partial charge >= 0.3 is 5.69 Å². The van der Waals surface area contributed by atoms with Crippen molar-refractivity contribution in [2.45, 2.75) is 0 Å². The predicted octanol–water partition coefficient (Wildman–Crippen LogP) is 3.27. The molecule has 1 aromatic heterocycles. The van der Waals surface area contributed by atoms with Crippen molar-refractivity contribution in [3.63, 3.8) is 0 Å². The molecule has 1 heterocycles. The summed E-state index contributed by atoms with van der Waals surface area (Å²) < 4.78 is 10.3. The summed E-state index contributed by atoms with van der Waals surface area (Å²) in [4.78, 5) is 21.5. The predicted molar refractivity (Wildman–Crippen MR) is 69.4 cm³/mol. The molecule has 2 aromatic rings. The molecular weight excluding hydrogens is 270 g/mol. The number of carbonyl (C=O) groups excluding carboxylic acids is 1. The average Bonchev–Trinajstić information content (AvgIpc) is 2.86. The minimum absolute atomic E-state index is 0.0982. The highest BCUT2D eigenvalue weighted by atomic mass is 32.1. The molecule has 0 bridgehead atoms. The van der Waals surface area contributed by atoms with Crippen molar-refractivity contribution < 1.29 is 19.2 Å². The van der Waals surface area contributed by atoms with E-state index in [1.165, 1.54) is 36.6 Å². The molecule has 0 aliphatic heterocycles. The summed E-state index contributed by atoms with van der Waals surface area (Å²) in [7, 11) is 1.43. The Morgan fingerprint density at radius 1 is 1.32 bits per heavy atom. The first kappa shape index (κ1) is 13.0. The lowest BCUT2D eigenvalue weighted by Gasteiger charge is -2.05. The summed E-state index contributed by atoms with van der Waals surface area (Å²) in [6.07, 6.45) is 0.694. The maximum Gasteiger partial charge on any atom is 0.315 e. The van der Waals surface area contributed by atoms with Gasteiger partial charge < -0.3 is 9.47 Å². The molecule has 1 aromatic carbocycles. The van der Waals surface area contributed by atoms with Crippen LogP contribution in [-0.2, 0) is 0 Å². The number of nitrogens with zero attached hydrogens (tertiary/aromatic N) is 1. The van der Waals surface area contributed by atoms with Crippen molar-refractivity contribution >= 4 is 23.3 Å². The van der Waals surface area contributed by atoms with Gasteiger partial charge in [-0.1, -0.05) is 0 Å². The van der Waals surface area contributed by atoms with E-state index in [1.54, 1.807) is 11.4 Å². The highest BCUT2D eigenvalue weighted by Gasteiger charge is 2.17. The minimum Gasteiger partial charge on any atom is -0.496 e. The second-order valence-electron chi connectivity index (χ2n) is 3.50. The smallest absolute Gasteiger partial charge is 0.315 e. The van der Waals surface area contributed by atoms with Crippen LogP contribution in [-0.4, -0.2) is 18.3 Å². The van der Waals surface area contributed by atoms with E-state index >= 15 is 0 Å². The summed E-state index contributed by atoms with van der Waals surface area (Å²) in [5.74, 6) is 0.861. The van der Waals surface area contributed by atoms with Crippen LogP contribution in [0.15, 0.2) is 29.6 Å². The van der Waals surface area contributed by atoms with Gasteiger partial charge in [0.05, 0.1) is 23.0 Å². The van der Waals surface area contributed by atoms with Crippen molar-refractivity contribution in [2.75, 3.05) is 7.11 Å². The highest BCUT2D eigenvalue weighted by Crippen LogP contribution is 2.35. The fraction of sp³-hybridized carbons (Fsp3) is 0.0833. The van der Waals surface area contributed by atoms with Gasteiger partial charge in [-0.15, -0.1) is 11.3 Å². The molecule has 19 heavy (non-hydrogen) atoms. The van der Waals surface area contributed by atoms with Gasteiger partial charge in [-0.2, -0.15) is 0 Å². The van der Waals surface area contributed by atoms with Crippen molar-refractivity contribution in [2.24, 2.45) is 0 Å². The summed E-state index contributed by atoms with van der Waals surface area (Å²) in [6, 6.07) is 5.82. The SMILES string of the molecule is COc1ccc(Oc2csc(C=O)c2)c([N+](=O)[O-])c1. The number of thiophene rings is 1. The molecule has 0 amide bonds. The lowest BCUT2D eigenvalue weighted by Crippen LogP contribution is -1.94. The van der Waals surface area contributed by atoms with E-state index in [-0.39, 0.29) is 11.4 Å². The van der Waals surface area contributed by atoms with Gasteiger partial charge in [-0.3, -0.25) is 14.9 Å². The fourth-order valence-corrected chi connectivity index (χ4v) is 2.04. The molecule has 0 saturated heterocycles. The van der Waals surface area contributed by atoms with Crippen LogP contribution < -0.4 is 9.47 Å². The second kappa shape index (κ2) is 5.49. The second-order valence-corrected chi connectivity index (χ2v) is 4.44. The molecule has 6 nitrogen and oxygen atoms in total. The van der Waals surface area contributed by atoms with Gasteiger partial charge in [0.1, 0.15) is 11.5 Å². The topological polar surface area (TPSA) is 78.7 Å². The average molecular weight is 279 g/mol. The van der Waals surface area contributed by atoms with Gasteiger partial charge in [-0.05, 0) is 12.1 Å². The largest absolute Gasteiger partial charge is 0.496 e. The Morgan fingerprint density at radius 2 is 2.11 bits per heavy atom. The molecule has 2 rings (SSSR count). The zero-order chi connectivity index (χ0) is 13.8. The summed E-state index contributed by atoms with van der Waals surface area (Å²) >= 11 is 1.20. The van der Waals surface area contributed by atoms with Crippen LogP contribution in [0.25, 0.3) is 0 Å². The third-order valence-electron chi connectivity index (χ3n) is 2.30. The molecule has 0 saturated carbocycles. The number of carbonyl (C=O) groups is 1. The molecule has 0 fully saturated rings. The monoisotopic (exact) mass is 279 g/mol. The van der Waals surface area contributed by atoms with E-state index in [0.717, 1.165) is 0 Å². The molecule has 0 radical (unpaired) electrons. The number of hydrogen-bond acceptors (Lipinski definition) is 6. The van der Waals surface area contributed by atoms with Crippen molar-refractivity contribution in [3.05, 3.63) is 44.6 Å². The third kappa shape index (κ3) is 2.89. The molecule has 0 N–H and O–H groups in total. The van der Waals surface area contributed by atoms with E-state index in [4.69, 9.17) is 9.47 Å². The van der Waals surface area contributed by atoms with Crippen LogP contribution in [0.5, 0.6) is 17.2 Å². The van der Waals surface area contributed by atoms with E-state index < -0.39 is 4.92 Å². The fourth-order valence-electron chi connectivity index (χ4n) is 1.43. The lowest BCUT2D eigenvalue weighted by molar-refractivity contribution is -0.385. The minimum atomic E-state index is -0.551. The van der Waals surface area contributed by atoms with E-state index in [1.807, 2.05) is 0 Å².